The minimum Gasteiger partial charge on any atom is -0.382 e. The predicted octanol–water partition coefficient (Wildman–Crippen LogP) is 1.86. The number of imidazole rings is 1. The number of hydrogen-bond donors (Lipinski definition) is 2. The first-order valence-electron chi connectivity index (χ1n) is 9.00. The standard InChI is InChI=1S/C17H18F3N7O2S/c18-17(19,20)10-3-5-12(6-4-10)30(28,29)27-7-1-2-11(27)8-26-9-23-13-14(21)24-16(22)25-15(13)26/h3-6,9,11H,1-2,7-8H2,(H4,21,22,24,25). The zero-order valence-electron chi connectivity index (χ0n) is 15.5. The van der Waals surface area contributed by atoms with E-state index in [1.807, 2.05) is 0 Å². The molecule has 160 valence electrons. The molecule has 0 amide bonds. The molecule has 3 heterocycles. The van der Waals surface area contributed by atoms with Gasteiger partial charge >= 0.3 is 6.18 Å². The smallest absolute Gasteiger partial charge is 0.382 e. The highest BCUT2D eigenvalue weighted by molar-refractivity contribution is 7.89. The van der Waals surface area contributed by atoms with Crippen LogP contribution in [0.15, 0.2) is 35.5 Å². The lowest BCUT2D eigenvalue weighted by Crippen LogP contribution is -2.38. The molecule has 1 aromatic carbocycles. The van der Waals surface area contributed by atoms with Crippen LogP contribution in [-0.4, -0.2) is 44.8 Å². The third-order valence-electron chi connectivity index (χ3n) is 5.03. The number of nitrogens with zero attached hydrogens (tertiary/aromatic N) is 5. The molecule has 1 fully saturated rings. The van der Waals surface area contributed by atoms with Crippen LogP contribution in [0, 0.1) is 0 Å². The van der Waals surface area contributed by atoms with Crippen molar-refractivity contribution >= 4 is 33.0 Å². The molecular formula is C17H18F3N7O2S. The SMILES string of the molecule is Nc1nc(N)c2ncn(CC3CCCN3S(=O)(=O)c3ccc(C(F)(F)F)cc3)c2n1. The first-order valence-corrected chi connectivity index (χ1v) is 10.4. The summed E-state index contributed by atoms with van der Waals surface area (Å²) >= 11 is 0. The largest absolute Gasteiger partial charge is 0.416 e. The maximum Gasteiger partial charge on any atom is 0.416 e. The zero-order valence-corrected chi connectivity index (χ0v) is 16.4. The Morgan fingerprint density at radius 1 is 1.13 bits per heavy atom. The number of aromatic nitrogens is 4. The van der Waals surface area contributed by atoms with E-state index in [-0.39, 0.29) is 29.8 Å². The second-order valence-electron chi connectivity index (χ2n) is 6.97. The van der Waals surface area contributed by atoms with Gasteiger partial charge in [-0.3, -0.25) is 0 Å². The summed E-state index contributed by atoms with van der Waals surface area (Å²) in [5, 5.41) is 0. The lowest BCUT2D eigenvalue weighted by molar-refractivity contribution is -0.137. The number of rotatable bonds is 4. The van der Waals surface area contributed by atoms with Crippen molar-refractivity contribution in [2.75, 3.05) is 18.0 Å². The van der Waals surface area contributed by atoms with Gasteiger partial charge in [-0.25, -0.2) is 13.4 Å². The molecule has 1 aliphatic rings. The van der Waals surface area contributed by atoms with Gasteiger partial charge in [-0.1, -0.05) is 0 Å². The average Bonchev–Trinajstić information content (AvgIpc) is 3.29. The summed E-state index contributed by atoms with van der Waals surface area (Å²) in [6.45, 7) is 0.506. The van der Waals surface area contributed by atoms with Crippen molar-refractivity contribution in [2.45, 2.75) is 36.5 Å². The van der Waals surface area contributed by atoms with Crippen LogP contribution < -0.4 is 11.5 Å². The van der Waals surface area contributed by atoms with E-state index in [0.29, 0.717) is 24.0 Å². The lowest BCUT2D eigenvalue weighted by atomic mass is 10.2. The Labute approximate surface area is 169 Å². The van der Waals surface area contributed by atoms with Gasteiger partial charge in [0.2, 0.25) is 16.0 Å². The monoisotopic (exact) mass is 441 g/mol. The van der Waals surface area contributed by atoms with Crippen LogP contribution in [0.3, 0.4) is 0 Å². The minimum absolute atomic E-state index is 0.0256. The number of nitrogen functional groups attached to an aromatic ring is 2. The molecule has 1 unspecified atom stereocenters. The summed E-state index contributed by atoms with van der Waals surface area (Å²) < 4.78 is 67.4. The van der Waals surface area contributed by atoms with E-state index in [4.69, 9.17) is 11.5 Å². The van der Waals surface area contributed by atoms with Crippen LogP contribution in [0.2, 0.25) is 0 Å². The summed E-state index contributed by atoms with van der Waals surface area (Å²) in [4.78, 5) is 12.0. The van der Waals surface area contributed by atoms with Crippen LogP contribution >= 0.6 is 0 Å². The van der Waals surface area contributed by atoms with Crippen LogP contribution in [0.4, 0.5) is 24.9 Å². The van der Waals surface area contributed by atoms with Crippen LogP contribution in [0.5, 0.6) is 0 Å². The average molecular weight is 441 g/mol. The maximum atomic E-state index is 13.1. The number of hydrogen-bond acceptors (Lipinski definition) is 7. The summed E-state index contributed by atoms with van der Waals surface area (Å²) in [6.07, 6.45) is -1.85. The number of benzene rings is 1. The summed E-state index contributed by atoms with van der Waals surface area (Å²) in [5.74, 6) is 0.0966. The molecule has 4 N–H and O–H groups in total. The molecule has 0 spiro atoms. The molecule has 0 aliphatic carbocycles. The Balaban J connectivity index is 1.62. The number of fused-ring (bicyclic) bond motifs is 1. The molecule has 9 nitrogen and oxygen atoms in total. The molecular weight excluding hydrogens is 423 g/mol. The van der Waals surface area contributed by atoms with E-state index in [1.165, 1.54) is 10.6 Å². The fourth-order valence-electron chi connectivity index (χ4n) is 3.60. The van der Waals surface area contributed by atoms with E-state index >= 15 is 0 Å². The van der Waals surface area contributed by atoms with Crippen LogP contribution in [0.1, 0.15) is 18.4 Å². The molecule has 3 aromatic rings. The van der Waals surface area contributed by atoms with Gasteiger partial charge in [0.15, 0.2) is 11.5 Å². The van der Waals surface area contributed by atoms with Gasteiger partial charge in [0.25, 0.3) is 0 Å². The van der Waals surface area contributed by atoms with Gasteiger partial charge in [0.05, 0.1) is 16.8 Å². The van der Waals surface area contributed by atoms with Crippen molar-refractivity contribution < 1.29 is 21.6 Å². The van der Waals surface area contributed by atoms with Gasteiger partial charge in [-0.05, 0) is 37.1 Å². The van der Waals surface area contributed by atoms with Crippen LogP contribution in [-0.2, 0) is 22.7 Å². The summed E-state index contributed by atoms with van der Waals surface area (Å²) in [5.41, 5.74) is 11.3. The highest BCUT2D eigenvalue weighted by Gasteiger charge is 2.37. The van der Waals surface area contributed by atoms with Gasteiger partial charge < -0.3 is 16.0 Å². The fourth-order valence-corrected chi connectivity index (χ4v) is 5.29. The zero-order chi connectivity index (χ0) is 21.7. The highest BCUT2D eigenvalue weighted by atomic mass is 32.2. The van der Waals surface area contributed by atoms with Gasteiger partial charge in [-0.2, -0.15) is 27.4 Å². The van der Waals surface area contributed by atoms with E-state index in [9.17, 15) is 21.6 Å². The molecule has 1 atom stereocenters. The number of halogens is 3. The minimum atomic E-state index is -4.54. The Morgan fingerprint density at radius 3 is 2.50 bits per heavy atom. The first-order chi connectivity index (χ1) is 14.1. The molecule has 0 bridgehead atoms. The Morgan fingerprint density at radius 2 is 1.83 bits per heavy atom. The lowest BCUT2D eigenvalue weighted by Gasteiger charge is -2.24. The molecule has 2 aromatic heterocycles. The highest BCUT2D eigenvalue weighted by Crippen LogP contribution is 2.32. The fraction of sp³-hybridized carbons (Fsp3) is 0.353. The molecule has 4 rings (SSSR count). The topological polar surface area (TPSA) is 133 Å². The predicted molar refractivity (Wildman–Crippen MR) is 103 cm³/mol. The van der Waals surface area contributed by atoms with E-state index in [0.717, 1.165) is 24.3 Å². The molecule has 0 radical (unpaired) electrons. The van der Waals surface area contributed by atoms with Crippen LogP contribution in [0.25, 0.3) is 11.2 Å². The Bertz CT molecular complexity index is 1190. The molecule has 1 aliphatic heterocycles. The normalized spacial score (nSPS) is 18.3. The van der Waals surface area contributed by atoms with E-state index in [1.54, 1.807) is 4.57 Å². The van der Waals surface area contributed by atoms with Crippen molar-refractivity contribution in [1.29, 1.82) is 0 Å². The van der Waals surface area contributed by atoms with Crippen molar-refractivity contribution in [1.82, 2.24) is 23.8 Å². The maximum absolute atomic E-state index is 13.1. The van der Waals surface area contributed by atoms with E-state index in [2.05, 4.69) is 15.0 Å². The Hall–Kier alpha value is -2.93. The molecule has 1 saturated heterocycles. The number of alkyl halides is 3. The number of nitrogens with two attached hydrogens (primary N) is 2. The summed E-state index contributed by atoms with van der Waals surface area (Å²) in [7, 11) is -3.97. The molecule has 30 heavy (non-hydrogen) atoms. The van der Waals surface area contributed by atoms with Gasteiger partial charge in [0.1, 0.15) is 5.52 Å². The first kappa shape index (κ1) is 20.3. The third-order valence-corrected chi connectivity index (χ3v) is 6.99. The van der Waals surface area contributed by atoms with Crippen molar-refractivity contribution in [3.8, 4) is 0 Å². The second-order valence-corrected chi connectivity index (χ2v) is 8.86. The number of anilines is 2. The quantitative estimate of drug-likeness (QED) is 0.631. The van der Waals surface area contributed by atoms with Crippen molar-refractivity contribution in [2.24, 2.45) is 0 Å². The second kappa shape index (κ2) is 7.09. The number of sulfonamides is 1. The summed E-state index contributed by atoms with van der Waals surface area (Å²) in [6, 6.07) is 3.07. The van der Waals surface area contributed by atoms with Crippen molar-refractivity contribution in [3.05, 3.63) is 36.2 Å². The van der Waals surface area contributed by atoms with Gasteiger partial charge in [-0.15, -0.1) is 0 Å². The Kier molecular flexibility index (Phi) is 4.81. The van der Waals surface area contributed by atoms with E-state index < -0.39 is 27.8 Å². The molecule has 13 heteroatoms. The van der Waals surface area contributed by atoms with Gasteiger partial charge in [0, 0.05) is 19.1 Å². The third kappa shape index (κ3) is 3.54. The molecule has 0 saturated carbocycles. The van der Waals surface area contributed by atoms with Crippen molar-refractivity contribution in [3.63, 3.8) is 0 Å².